The second kappa shape index (κ2) is 4.35. The minimum Gasteiger partial charge on any atom is -0.309 e. The van der Waals surface area contributed by atoms with Crippen molar-refractivity contribution in [3.8, 4) is 0 Å². The lowest BCUT2D eigenvalue weighted by atomic mass is 9.99. The normalized spacial score (nSPS) is 23.7. The first kappa shape index (κ1) is 10.2. The Morgan fingerprint density at radius 2 is 2.31 bits per heavy atom. The first-order valence-corrected chi connectivity index (χ1v) is 4.96. The van der Waals surface area contributed by atoms with Gasteiger partial charge in [0.25, 0.3) is 0 Å². The Morgan fingerprint density at radius 1 is 1.62 bits per heavy atom. The number of hydrogen-bond acceptors (Lipinski definition) is 2. The third-order valence-corrected chi connectivity index (χ3v) is 2.66. The molecule has 1 rings (SSSR count). The van der Waals surface area contributed by atoms with Crippen LogP contribution in [-0.2, 0) is 0 Å². The first-order valence-electron chi connectivity index (χ1n) is 4.96. The Balaban J connectivity index is 2.81. The van der Waals surface area contributed by atoms with Crippen molar-refractivity contribution in [1.29, 1.82) is 10.8 Å². The van der Waals surface area contributed by atoms with Crippen molar-refractivity contribution in [1.82, 2.24) is 0 Å². The largest absolute Gasteiger partial charge is 0.309 e. The van der Waals surface area contributed by atoms with Crippen molar-refractivity contribution < 1.29 is 0 Å². The fourth-order valence-corrected chi connectivity index (χ4v) is 1.68. The summed E-state index contributed by atoms with van der Waals surface area (Å²) in [5.74, 6) is 0.582. The Morgan fingerprint density at radius 3 is 2.85 bits per heavy atom. The molecule has 0 fully saturated rings. The number of hydrogen-bond donors (Lipinski definition) is 2. The second-order valence-electron chi connectivity index (χ2n) is 3.80. The van der Waals surface area contributed by atoms with Crippen molar-refractivity contribution in [3.63, 3.8) is 0 Å². The molecule has 0 aromatic carbocycles. The molecule has 0 saturated heterocycles. The Hall–Kier alpha value is -0.920. The smallest absolute Gasteiger partial charge is 0.0315 e. The molecular weight excluding hydrogens is 160 g/mol. The summed E-state index contributed by atoms with van der Waals surface area (Å²) in [4.78, 5) is 0. The van der Waals surface area contributed by atoms with Gasteiger partial charge in [0.1, 0.15) is 0 Å². The van der Waals surface area contributed by atoms with Crippen LogP contribution in [0.1, 0.15) is 39.5 Å². The van der Waals surface area contributed by atoms with Crippen LogP contribution in [0.4, 0.5) is 0 Å². The van der Waals surface area contributed by atoms with E-state index in [1.165, 1.54) is 0 Å². The zero-order valence-corrected chi connectivity index (χ0v) is 8.48. The van der Waals surface area contributed by atoms with E-state index in [1.807, 2.05) is 6.92 Å². The van der Waals surface area contributed by atoms with Crippen LogP contribution in [0, 0.1) is 16.7 Å². The third-order valence-electron chi connectivity index (χ3n) is 2.66. The lowest BCUT2D eigenvalue weighted by Crippen LogP contribution is -2.01. The summed E-state index contributed by atoms with van der Waals surface area (Å²) in [5.41, 5.74) is 2.48. The van der Waals surface area contributed by atoms with Crippen LogP contribution in [0.3, 0.4) is 0 Å². The average Bonchev–Trinajstić information content (AvgIpc) is 2.27. The number of nitrogens with one attached hydrogen (secondary N) is 2. The maximum atomic E-state index is 7.68. The van der Waals surface area contributed by atoms with E-state index >= 15 is 0 Å². The van der Waals surface area contributed by atoms with Crippen LogP contribution < -0.4 is 0 Å². The molecule has 0 aliphatic heterocycles. The Bertz CT molecular complexity index is 251. The molecule has 72 valence electrons. The predicted molar refractivity (Wildman–Crippen MR) is 56.8 cm³/mol. The van der Waals surface area contributed by atoms with Crippen LogP contribution in [0.15, 0.2) is 11.6 Å². The maximum Gasteiger partial charge on any atom is 0.0315 e. The van der Waals surface area contributed by atoms with Crippen LogP contribution in [0.5, 0.6) is 0 Å². The van der Waals surface area contributed by atoms with E-state index < -0.39 is 0 Å². The molecule has 2 heteroatoms. The molecule has 1 aliphatic carbocycles. The van der Waals surface area contributed by atoms with Gasteiger partial charge in [-0.1, -0.05) is 13.0 Å². The van der Waals surface area contributed by atoms with Gasteiger partial charge in [0.15, 0.2) is 0 Å². The van der Waals surface area contributed by atoms with Crippen molar-refractivity contribution in [2.24, 2.45) is 5.92 Å². The van der Waals surface area contributed by atoms with Gasteiger partial charge < -0.3 is 10.8 Å². The van der Waals surface area contributed by atoms with E-state index in [0.29, 0.717) is 18.1 Å². The molecule has 1 atom stereocenters. The lowest BCUT2D eigenvalue weighted by molar-refractivity contribution is 0.589. The minimum atomic E-state index is 0.582. The first-order chi connectivity index (χ1) is 6.13. The standard InChI is InChI=1S/C11H18N2/c1-3-9-4-5-11(13)7-10(6-9)8(2)12/h6,9,12-13H,3-5,7H2,1-2H3. The quantitative estimate of drug-likeness (QED) is 0.610. The number of allylic oxidation sites excluding steroid dienone is 2. The molecule has 1 aliphatic rings. The summed E-state index contributed by atoms with van der Waals surface area (Å²) in [5, 5.41) is 15.3. The van der Waals surface area contributed by atoms with E-state index in [1.54, 1.807) is 0 Å². The minimum absolute atomic E-state index is 0.582. The van der Waals surface area contributed by atoms with Crippen molar-refractivity contribution >= 4 is 11.4 Å². The van der Waals surface area contributed by atoms with Gasteiger partial charge in [-0.15, -0.1) is 0 Å². The molecule has 0 spiro atoms. The maximum absolute atomic E-state index is 7.68. The van der Waals surface area contributed by atoms with Gasteiger partial charge in [-0.25, -0.2) is 0 Å². The average molecular weight is 178 g/mol. The summed E-state index contributed by atoms with van der Waals surface area (Å²) in [6.45, 7) is 3.99. The van der Waals surface area contributed by atoms with E-state index in [0.717, 1.165) is 30.5 Å². The molecule has 13 heavy (non-hydrogen) atoms. The molecule has 0 amide bonds. The molecular formula is C11H18N2. The van der Waals surface area contributed by atoms with Gasteiger partial charge in [-0.2, -0.15) is 0 Å². The lowest BCUT2D eigenvalue weighted by Gasteiger charge is -2.06. The summed E-state index contributed by atoms with van der Waals surface area (Å²) < 4.78 is 0. The zero-order valence-electron chi connectivity index (χ0n) is 8.48. The summed E-state index contributed by atoms with van der Waals surface area (Å²) >= 11 is 0. The molecule has 0 radical (unpaired) electrons. The fraction of sp³-hybridized carbons (Fsp3) is 0.636. The second-order valence-corrected chi connectivity index (χ2v) is 3.80. The molecule has 0 bridgehead atoms. The monoisotopic (exact) mass is 178 g/mol. The molecule has 2 N–H and O–H groups in total. The highest BCUT2D eigenvalue weighted by Gasteiger charge is 2.14. The molecule has 0 aromatic heterocycles. The fourth-order valence-electron chi connectivity index (χ4n) is 1.68. The van der Waals surface area contributed by atoms with Gasteiger partial charge in [0, 0.05) is 17.8 Å². The molecule has 0 heterocycles. The molecule has 0 saturated carbocycles. The summed E-state index contributed by atoms with van der Waals surface area (Å²) in [6, 6.07) is 0. The zero-order chi connectivity index (χ0) is 9.84. The summed E-state index contributed by atoms with van der Waals surface area (Å²) in [6.07, 6.45) is 6.03. The van der Waals surface area contributed by atoms with Gasteiger partial charge in [-0.3, -0.25) is 0 Å². The van der Waals surface area contributed by atoms with Crippen LogP contribution in [0.25, 0.3) is 0 Å². The van der Waals surface area contributed by atoms with E-state index in [4.69, 9.17) is 10.8 Å². The topological polar surface area (TPSA) is 47.7 Å². The van der Waals surface area contributed by atoms with Crippen molar-refractivity contribution in [2.45, 2.75) is 39.5 Å². The van der Waals surface area contributed by atoms with Gasteiger partial charge in [0.05, 0.1) is 0 Å². The SMILES string of the molecule is CCC1C=C(C(C)=N)CC(=N)CC1. The van der Waals surface area contributed by atoms with Gasteiger partial charge >= 0.3 is 0 Å². The van der Waals surface area contributed by atoms with Crippen LogP contribution >= 0.6 is 0 Å². The van der Waals surface area contributed by atoms with E-state index in [-0.39, 0.29) is 0 Å². The molecule has 2 nitrogen and oxygen atoms in total. The summed E-state index contributed by atoms with van der Waals surface area (Å²) in [7, 11) is 0. The Labute approximate surface area is 80.1 Å². The molecule has 1 unspecified atom stereocenters. The Kier molecular flexibility index (Phi) is 3.40. The highest BCUT2D eigenvalue weighted by atomic mass is 14.5. The van der Waals surface area contributed by atoms with Crippen LogP contribution in [-0.4, -0.2) is 11.4 Å². The highest BCUT2D eigenvalue weighted by molar-refractivity contribution is 6.01. The highest BCUT2D eigenvalue weighted by Crippen LogP contribution is 2.22. The van der Waals surface area contributed by atoms with Crippen LogP contribution in [0.2, 0.25) is 0 Å². The van der Waals surface area contributed by atoms with Crippen molar-refractivity contribution in [2.75, 3.05) is 0 Å². The van der Waals surface area contributed by atoms with E-state index in [9.17, 15) is 0 Å². The molecule has 0 aromatic rings. The van der Waals surface area contributed by atoms with Gasteiger partial charge in [0.2, 0.25) is 0 Å². The number of rotatable bonds is 2. The predicted octanol–water partition coefficient (Wildman–Crippen LogP) is 3.18. The van der Waals surface area contributed by atoms with Gasteiger partial charge in [-0.05, 0) is 37.7 Å². The van der Waals surface area contributed by atoms with E-state index in [2.05, 4.69) is 13.0 Å². The third kappa shape index (κ3) is 2.79. The van der Waals surface area contributed by atoms with Crippen molar-refractivity contribution in [3.05, 3.63) is 11.6 Å².